The zero-order valence-corrected chi connectivity index (χ0v) is 10.2. The zero-order chi connectivity index (χ0) is 12.4. The van der Waals surface area contributed by atoms with Gasteiger partial charge in [-0.3, -0.25) is 4.98 Å². The number of benzene rings is 1. The van der Waals surface area contributed by atoms with Crippen molar-refractivity contribution in [3.05, 3.63) is 35.7 Å². The van der Waals surface area contributed by atoms with Crippen LogP contribution in [0.5, 0.6) is 5.75 Å². The molecular weight excluding hydrogens is 214 g/mol. The lowest BCUT2D eigenvalue weighted by Crippen LogP contribution is -1.99. The molecule has 0 fully saturated rings. The van der Waals surface area contributed by atoms with Gasteiger partial charge < -0.3 is 10.5 Å². The minimum atomic E-state index is 0.431. The third kappa shape index (κ3) is 2.20. The van der Waals surface area contributed by atoms with Gasteiger partial charge in [-0.05, 0) is 37.6 Å². The van der Waals surface area contributed by atoms with Crippen molar-refractivity contribution < 1.29 is 4.74 Å². The molecule has 0 atom stereocenters. The van der Waals surface area contributed by atoms with Crippen LogP contribution in [-0.2, 0) is 0 Å². The van der Waals surface area contributed by atoms with Crippen molar-refractivity contribution in [2.75, 3.05) is 12.8 Å². The molecule has 2 N–H and O–H groups in total. The summed E-state index contributed by atoms with van der Waals surface area (Å²) in [6.07, 6.45) is 1.57. The number of nitrogens with two attached hydrogens (primary N) is 1. The van der Waals surface area contributed by atoms with E-state index in [0.29, 0.717) is 5.82 Å². The van der Waals surface area contributed by atoms with Gasteiger partial charge in [-0.1, -0.05) is 0 Å². The molecule has 0 unspecified atom stereocenters. The van der Waals surface area contributed by atoms with Crippen molar-refractivity contribution in [1.82, 2.24) is 9.97 Å². The monoisotopic (exact) mass is 229 g/mol. The Kier molecular flexibility index (Phi) is 2.95. The lowest BCUT2D eigenvalue weighted by atomic mass is 10.0. The van der Waals surface area contributed by atoms with Crippen LogP contribution >= 0.6 is 0 Å². The summed E-state index contributed by atoms with van der Waals surface area (Å²) in [5.41, 5.74) is 9.49. The average molecular weight is 229 g/mol. The minimum Gasteiger partial charge on any atom is -0.497 e. The summed E-state index contributed by atoms with van der Waals surface area (Å²) in [5, 5.41) is 0. The largest absolute Gasteiger partial charge is 0.497 e. The second-order valence-corrected chi connectivity index (χ2v) is 3.91. The van der Waals surface area contributed by atoms with Crippen LogP contribution in [0.15, 0.2) is 24.4 Å². The van der Waals surface area contributed by atoms with Crippen LogP contribution in [0.4, 0.5) is 5.82 Å². The van der Waals surface area contributed by atoms with E-state index in [1.165, 1.54) is 0 Å². The van der Waals surface area contributed by atoms with Crippen LogP contribution in [0.2, 0.25) is 0 Å². The predicted octanol–water partition coefficient (Wildman–Crippen LogP) is 2.35. The molecular formula is C13H15N3O. The Morgan fingerprint density at radius 2 is 2.00 bits per heavy atom. The topological polar surface area (TPSA) is 61.0 Å². The van der Waals surface area contributed by atoms with E-state index in [1.54, 1.807) is 13.3 Å². The molecule has 1 aromatic heterocycles. The second-order valence-electron chi connectivity index (χ2n) is 3.91. The Labute approximate surface area is 100 Å². The van der Waals surface area contributed by atoms with E-state index in [2.05, 4.69) is 9.97 Å². The van der Waals surface area contributed by atoms with Gasteiger partial charge >= 0.3 is 0 Å². The van der Waals surface area contributed by atoms with Gasteiger partial charge in [0.05, 0.1) is 24.7 Å². The third-order valence-corrected chi connectivity index (χ3v) is 2.66. The fraction of sp³-hybridized carbons (Fsp3) is 0.231. The molecule has 0 aliphatic carbocycles. The highest BCUT2D eigenvalue weighted by Gasteiger charge is 2.09. The van der Waals surface area contributed by atoms with Crippen molar-refractivity contribution >= 4 is 5.82 Å². The van der Waals surface area contributed by atoms with E-state index < -0.39 is 0 Å². The molecule has 1 heterocycles. The van der Waals surface area contributed by atoms with Crippen molar-refractivity contribution in [1.29, 1.82) is 0 Å². The van der Waals surface area contributed by atoms with Crippen LogP contribution in [0.1, 0.15) is 11.3 Å². The summed E-state index contributed by atoms with van der Waals surface area (Å²) in [6.45, 7) is 3.94. The fourth-order valence-corrected chi connectivity index (χ4v) is 1.75. The highest BCUT2D eigenvalue weighted by molar-refractivity contribution is 5.67. The maximum Gasteiger partial charge on any atom is 0.142 e. The van der Waals surface area contributed by atoms with Crippen molar-refractivity contribution in [2.45, 2.75) is 13.8 Å². The standard InChI is InChI=1S/C13H15N3O/c1-8-6-10(17-3)4-5-11(8)13-9(2)15-7-12(14)16-13/h4-7H,1-3H3,(H2,14,16). The zero-order valence-electron chi connectivity index (χ0n) is 10.2. The first kappa shape index (κ1) is 11.4. The Morgan fingerprint density at radius 3 is 2.65 bits per heavy atom. The first-order chi connectivity index (χ1) is 8.11. The minimum absolute atomic E-state index is 0.431. The SMILES string of the molecule is COc1ccc(-c2nc(N)cnc2C)c(C)c1. The second kappa shape index (κ2) is 4.41. The molecule has 2 rings (SSSR count). The number of nitrogen functional groups attached to an aromatic ring is 1. The molecule has 0 radical (unpaired) electrons. The van der Waals surface area contributed by atoms with Gasteiger partial charge in [-0.15, -0.1) is 0 Å². The molecule has 0 saturated heterocycles. The number of aromatic nitrogens is 2. The van der Waals surface area contributed by atoms with Crippen LogP contribution < -0.4 is 10.5 Å². The molecule has 0 spiro atoms. The highest BCUT2D eigenvalue weighted by atomic mass is 16.5. The first-order valence-corrected chi connectivity index (χ1v) is 5.36. The smallest absolute Gasteiger partial charge is 0.142 e. The van der Waals surface area contributed by atoms with Gasteiger partial charge in [0.1, 0.15) is 11.6 Å². The number of ether oxygens (including phenoxy) is 1. The molecule has 4 nitrogen and oxygen atoms in total. The van der Waals surface area contributed by atoms with E-state index >= 15 is 0 Å². The molecule has 88 valence electrons. The Bertz CT molecular complexity index is 552. The molecule has 17 heavy (non-hydrogen) atoms. The molecule has 0 bridgehead atoms. The summed E-state index contributed by atoms with van der Waals surface area (Å²) in [6, 6.07) is 5.86. The molecule has 2 aromatic rings. The lowest BCUT2D eigenvalue weighted by molar-refractivity contribution is 0.414. The van der Waals surface area contributed by atoms with E-state index in [1.807, 2.05) is 32.0 Å². The van der Waals surface area contributed by atoms with Crippen molar-refractivity contribution in [2.24, 2.45) is 0 Å². The molecule has 0 aliphatic heterocycles. The summed E-state index contributed by atoms with van der Waals surface area (Å²) in [4.78, 5) is 8.55. The summed E-state index contributed by atoms with van der Waals surface area (Å²) < 4.78 is 5.18. The van der Waals surface area contributed by atoms with Gasteiger partial charge in [0.25, 0.3) is 0 Å². The van der Waals surface area contributed by atoms with Crippen molar-refractivity contribution in [3.8, 4) is 17.0 Å². The normalized spacial score (nSPS) is 10.3. The lowest BCUT2D eigenvalue weighted by Gasteiger charge is -2.09. The number of methoxy groups -OCH3 is 1. The molecule has 0 amide bonds. The van der Waals surface area contributed by atoms with Crippen LogP contribution in [0.3, 0.4) is 0 Å². The van der Waals surface area contributed by atoms with Crippen molar-refractivity contribution in [3.63, 3.8) is 0 Å². The van der Waals surface area contributed by atoms with Gasteiger partial charge in [0, 0.05) is 5.56 Å². The number of aryl methyl sites for hydroxylation is 2. The number of rotatable bonds is 2. The number of hydrogen-bond acceptors (Lipinski definition) is 4. The van der Waals surface area contributed by atoms with Gasteiger partial charge in [0.15, 0.2) is 0 Å². The quantitative estimate of drug-likeness (QED) is 0.858. The van der Waals surface area contributed by atoms with E-state index in [9.17, 15) is 0 Å². The van der Waals surface area contributed by atoms with Gasteiger partial charge in [0.2, 0.25) is 0 Å². The van der Waals surface area contributed by atoms with Gasteiger partial charge in [-0.2, -0.15) is 0 Å². The maximum atomic E-state index is 5.67. The molecule has 0 aliphatic rings. The summed E-state index contributed by atoms with van der Waals surface area (Å²) in [5.74, 6) is 1.27. The predicted molar refractivity (Wildman–Crippen MR) is 67.9 cm³/mol. The number of nitrogens with zero attached hydrogens (tertiary/aromatic N) is 2. The van der Waals surface area contributed by atoms with Gasteiger partial charge in [-0.25, -0.2) is 4.98 Å². The highest BCUT2D eigenvalue weighted by Crippen LogP contribution is 2.27. The first-order valence-electron chi connectivity index (χ1n) is 5.36. The Balaban J connectivity index is 2.56. The van der Waals surface area contributed by atoms with Crippen LogP contribution in [-0.4, -0.2) is 17.1 Å². The van der Waals surface area contributed by atoms with E-state index in [0.717, 1.165) is 28.3 Å². The maximum absolute atomic E-state index is 5.67. The Hall–Kier alpha value is -2.10. The van der Waals surface area contributed by atoms with E-state index in [4.69, 9.17) is 10.5 Å². The van der Waals surface area contributed by atoms with Crippen LogP contribution in [0, 0.1) is 13.8 Å². The number of hydrogen-bond donors (Lipinski definition) is 1. The molecule has 4 heteroatoms. The molecule has 0 saturated carbocycles. The average Bonchev–Trinajstić information content (AvgIpc) is 2.32. The third-order valence-electron chi connectivity index (χ3n) is 2.66. The van der Waals surface area contributed by atoms with Crippen LogP contribution in [0.25, 0.3) is 11.3 Å². The molecule has 1 aromatic carbocycles. The Morgan fingerprint density at radius 1 is 1.24 bits per heavy atom. The summed E-state index contributed by atoms with van der Waals surface area (Å²) >= 11 is 0. The fourth-order valence-electron chi connectivity index (χ4n) is 1.75. The summed E-state index contributed by atoms with van der Waals surface area (Å²) in [7, 11) is 1.65. The van der Waals surface area contributed by atoms with E-state index in [-0.39, 0.29) is 0 Å². The number of anilines is 1.